The van der Waals surface area contributed by atoms with E-state index < -0.39 is 5.97 Å². The molecule has 1 heterocycles. The lowest BCUT2D eigenvalue weighted by molar-refractivity contribution is -0.136. The number of hydrogen-bond donors (Lipinski definition) is 1. The molecule has 0 radical (unpaired) electrons. The third kappa shape index (κ3) is 9.64. The Balaban J connectivity index is 0.00000158. The van der Waals surface area contributed by atoms with Gasteiger partial charge >= 0.3 is 5.97 Å². The van der Waals surface area contributed by atoms with Crippen molar-refractivity contribution in [2.24, 2.45) is 0 Å². The van der Waals surface area contributed by atoms with E-state index in [-0.39, 0.29) is 25.0 Å². The zero-order chi connectivity index (χ0) is 25.8. The monoisotopic (exact) mass is 518 g/mol. The van der Waals surface area contributed by atoms with E-state index in [2.05, 4.69) is 0 Å². The highest BCUT2D eigenvalue weighted by Crippen LogP contribution is 2.40. The molecule has 0 aromatic heterocycles. The molecule has 1 N–H and O–H groups in total. The number of hydrogen-bond acceptors (Lipinski definition) is 3. The first-order valence-corrected chi connectivity index (χ1v) is 12.6. The summed E-state index contributed by atoms with van der Waals surface area (Å²) in [6.45, 7) is 16.3. The van der Waals surface area contributed by atoms with Crippen molar-refractivity contribution in [3.05, 3.63) is 56.0 Å². The van der Waals surface area contributed by atoms with Crippen molar-refractivity contribution in [3.8, 4) is 11.5 Å². The quantitative estimate of drug-likeness (QED) is 0.413. The number of fused-ring (bicyclic) bond motifs is 1. The van der Waals surface area contributed by atoms with E-state index in [0.29, 0.717) is 26.4 Å². The van der Waals surface area contributed by atoms with E-state index in [1.54, 1.807) is 12.1 Å². The van der Waals surface area contributed by atoms with Gasteiger partial charge in [0.2, 0.25) is 0 Å². The fourth-order valence-electron chi connectivity index (χ4n) is 3.15. The highest BCUT2D eigenvalue weighted by Gasteiger charge is 2.32. The maximum Gasteiger partial charge on any atom is 0.303 e. The zero-order valence-electron chi connectivity index (χ0n) is 20.9. The third-order valence-corrected chi connectivity index (χ3v) is 5.19. The van der Waals surface area contributed by atoms with E-state index in [1.165, 1.54) is 0 Å². The van der Waals surface area contributed by atoms with Crippen molar-refractivity contribution < 1.29 is 19.4 Å². The van der Waals surface area contributed by atoms with Crippen molar-refractivity contribution in [2.45, 2.75) is 86.9 Å². The average Bonchev–Trinajstić information content (AvgIpc) is 3.09. The van der Waals surface area contributed by atoms with Gasteiger partial charge in [-0.1, -0.05) is 76.3 Å². The lowest BCUT2D eigenvalue weighted by atomic mass is 10.0. The molecular formula is C26H37Cl3O4. The summed E-state index contributed by atoms with van der Waals surface area (Å²) in [5.41, 5.74) is 2.23. The molecule has 3 rings (SSSR count). The van der Waals surface area contributed by atoms with Gasteiger partial charge < -0.3 is 14.6 Å². The van der Waals surface area contributed by atoms with Crippen LogP contribution in [-0.4, -0.2) is 16.7 Å². The first kappa shape index (κ1) is 31.4. The molecule has 0 saturated carbocycles. The number of rotatable bonds is 6. The minimum Gasteiger partial charge on any atom is -0.489 e. The molecule has 4 nitrogen and oxygen atoms in total. The highest BCUT2D eigenvalue weighted by atomic mass is 35.5. The Hall–Kier alpha value is -1.62. The second-order valence-electron chi connectivity index (χ2n) is 7.14. The molecule has 0 spiro atoms. The topological polar surface area (TPSA) is 55.8 Å². The van der Waals surface area contributed by atoms with Crippen molar-refractivity contribution >= 4 is 40.8 Å². The summed E-state index contributed by atoms with van der Waals surface area (Å²) in [5, 5.41) is 10.2. The molecule has 2 aromatic rings. The van der Waals surface area contributed by atoms with Crippen molar-refractivity contribution in [2.75, 3.05) is 0 Å². The molecule has 0 amide bonds. The molecule has 2 aromatic carbocycles. The fourth-order valence-corrected chi connectivity index (χ4v) is 4.07. The molecule has 0 atom stereocenters. The Bertz CT molecular complexity index is 872. The van der Waals surface area contributed by atoms with Crippen LogP contribution in [0.1, 0.15) is 78.5 Å². The predicted molar refractivity (Wildman–Crippen MR) is 141 cm³/mol. The summed E-state index contributed by atoms with van der Waals surface area (Å²) < 4.78 is 11.9. The fraction of sp³-hybridized carbons (Fsp3) is 0.500. The number of aliphatic carboxylic acids is 1. The minimum atomic E-state index is -0.903. The van der Waals surface area contributed by atoms with Crippen LogP contribution in [0.4, 0.5) is 0 Å². The molecule has 0 fully saturated rings. The van der Waals surface area contributed by atoms with Crippen LogP contribution in [0.15, 0.2) is 24.3 Å². The molecule has 0 unspecified atom stereocenters. The summed E-state index contributed by atoms with van der Waals surface area (Å²) in [4.78, 5) is 10.8. The molecule has 33 heavy (non-hydrogen) atoms. The predicted octanol–water partition coefficient (Wildman–Crippen LogP) is 9.04. The summed E-state index contributed by atoms with van der Waals surface area (Å²) in [5.74, 6) is 0.398. The molecule has 0 aliphatic carbocycles. The van der Waals surface area contributed by atoms with Crippen LogP contribution in [0.5, 0.6) is 11.5 Å². The smallest absolute Gasteiger partial charge is 0.303 e. The van der Waals surface area contributed by atoms with Crippen LogP contribution in [0.3, 0.4) is 0 Å². The second kappa shape index (κ2) is 15.3. The van der Waals surface area contributed by atoms with E-state index >= 15 is 0 Å². The van der Waals surface area contributed by atoms with Crippen LogP contribution in [-0.2, 0) is 24.2 Å². The standard InChI is InChI=1S/C20H19Cl3O4.3C2H6/c1-20(2)9-11-5-13(21)6-12(19(11)27-20)10-26-14-7-16(22)15(17(23)8-14)3-4-18(24)25;3*1-2/h5-8H,3-4,9-10H2,1-2H3,(H,24,25);3*1-2H3. The van der Waals surface area contributed by atoms with E-state index in [1.807, 2.05) is 67.5 Å². The maximum absolute atomic E-state index is 10.8. The van der Waals surface area contributed by atoms with Gasteiger partial charge in [0.15, 0.2) is 0 Å². The molecule has 1 aliphatic rings. The van der Waals surface area contributed by atoms with Crippen molar-refractivity contribution in [3.63, 3.8) is 0 Å². The number of benzene rings is 2. The van der Waals surface area contributed by atoms with Crippen LogP contribution < -0.4 is 9.47 Å². The Kier molecular flexibility index (Phi) is 14.6. The number of halogens is 3. The molecule has 186 valence electrons. The third-order valence-electron chi connectivity index (χ3n) is 4.30. The molecule has 0 bridgehead atoms. The first-order valence-electron chi connectivity index (χ1n) is 11.5. The largest absolute Gasteiger partial charge is 0.489 e. The maximum atomic E-state index is 10.8. The minimum absolute atomic E-state index is 0.0403. The lowest BCUT2D eigenvalue weighted by Crippen LogP contribution is -2.25. The van der Waals surface area contributed by atoms with E-state index in [0.717, 1.165) is 23.3 Å². The van der Waals surface area contributed by atoms with E-state index in [4.69, 9.17) is 49.4 Å². The molecule has 1 aliphatic heterocycles. The second-order valence-corrected chi connectivity index (χ2v) is 8.39. The summed E-state index contributed by atoms with van der Waals surface area (Å²) in [6.07, 6.45) is 1.01. The van der Waals surface area contributed by atoms with Gasteiger partial charge in [-0.25, -0.2) is 0 Å². The summed E-state index contributed by atoms with van der Waals surface area (Å²) in [6, 6.07) is 7.02. The van der Waals surface area contributed by atoms with Gasteiger partial charge in [0.05, 0.1) is 0 Å². The van der Waals surface area contributed by atoms with Gasteiger partial charge in [-0.05, 0) is 55.7 Å². The van der Waals surface area contributed by atoms with Gasteiger partial charge in [0, 0.05) is 33.5 Å². The van der Waals surface area contributed by atoms with Crippen LogP contribution >= 0.6 is 34.8 Å². The number of carboxylic acid groups (broad SMARTS) is 1. The normalized spacial score (nSPS) is 12.5. The van der Waals surface area contributed by atoms with Crippen molar-refractivity contribution in [1.82, 2.24) is 0 Å². The molecule has 0 saturated heterocycles. The number of carboxylic acids is 1. The zero-order valence-corrected chi connectivity index (χ0v) is 23.2. The first-order chi connectivity index (χ1) is 15.6. The Morgan fingerprint density at radius 3 is 2.06 bits per heavy atom. The summed E-state index contributed by atoms with van der Waals surface area (Å²) in [7, 11) is 0. The van der Waals surface area contributed by atoms with Gasteiger partial charge in [0.1, 0.15) is 23.7 Å². The molecule has 7 heteroatoms. The number of carbonyl (C=O) groups is 1. The van der Waals surface area contributed by atoms with Gasteiger partial charge in [-0.2, -0.15) is 0 Å². The lowest BCUT2D eigenvalue weighted by Gasteiger charge is -2.18. The average molecular weight is 520 g/mol. The highest BCUT2D eigenvalue weighted by molar-refractivity contribution is 6.36. The van der Waals surface area contributed by atoms with Gasteiger partial charge in [-0.15, -0.1) is 0 Å². The van der Waals surface area contributed by atoms with Gasteiger partial charge in [0.25, 0.3) is 0 Å². The van der Waals surface area contributed by atoms with Crippen LogP contribution in [0, 0.1) is 0 Å². The number of ether oxygens (including phenoxy) is 2. The Morgan fingerprint density at radius 1 is 1.00 bits per heavy atom. The van der Waals surface area contributed by atoms with Crippen LogP contribution in [0.25, 0.3) is 0 Å². The van der Waals surface area contributed by atoms with E-state index in [9.17, 15) is 4.79 Å². The molecular weight excluding hydrogens is 483 g/mol. The Labute approximate surface area is 214 Å². The van der Waals surface area contributed by atoms with Crippen LogP contribution in [0.2, 0.25) is 15.1 Å². The Morgan fingerprint density at radius 2 is 1.55 bits per heavy atom. The van der Waals surface area contributed by atoms with Crippen molar-refractivity contribution in [1.29, 1.82) is 0 Å². The summed E-state index contributed by atoms with van der Waals surface area (Å²) >= 11 is 18.7. The van der Waals surface area contributed by atoms with Gasteiger partial charge in [-0.3, -0.25) is 4.79 Å². The SMILES string of the molecule is CC.CC.CC.CC1(C)Cc2cc(Cl)cc(COc3cc(Cl)c(CCC(=O)O)c(Cl)c3)c2O1.